The fourth-order valence-corrected chi connectivity index (χ4v) is 0.463. The van der Waals surface area contributed by atoms with Crippen LogP contribution in [0.15, 0.2) is 0 Å². The van der Waals surface area contributed by atoms with E-state index in [-0.39, 0.29) is 10.1 Å². The molecule has 0 aromatic rings. The zero-order valence-electron chi connectivity index (χ0n) is 7.00. The summed E-state index contributed by atoms with van der Waals surface area (Å²) in [6.45, 7) is 25.5. The van der Waals surface area contributed by atoms with Gasteiger partial charge in [-0.3, -0.25) is 0 Å². The zero-order chi connectivity index (χ0) is 11.8. The molecule has 0 saturated carbocycles. The van der Waals surface area contributed by atoms with Crippen LogP contribution >= 0.6 is 0 Å². The summed E-state index contributed by atoms with van der Waals surface area (Å²) in [5.74, 6) is 0. The van der Waals surface area contributed by atoms with Crippen LogP contribution in [0.2, 0.25) is 0 Å². The Morgan fingerprint density at radius 2 is 1.53 bits per heavy atom. The molecule has 0 aliphatic carbocycles. The number of hydrogen-bond donors (Lipinski definition) is 1. The molecule has 0 atom stereocenters. The summed E-state index contributed by atoms with van der Waals surface area (Å²) in [5, 5.41) is -0.240. The van der Waals surface area contributed by atoms with Gasteiger partial charge in [0, 0.05) is 0 Å². The van der Waals surface area contributed by atoms with Crippen molar-refractivity contribution < 1.29 is 9.59 Å². The molecule has 0 aliphatic heterocycles. The number of urea groups is 2. The van der Waals surface area contributed by atoms with Crippen molar-refractivity contribution in [1.29, 1.82) is 0 Å². The third-order valence-electron chi connectivity index (χ3n) is 0.986. The Bertz CT molecular complexity index is 428. The number of amides is 4. The number of nitrogens with zero attached hydrogens (tertiary/aromatic N) is 6. The van der Waals surface area contributed by atoms with E-state index >= 15 is 0 Å². The summed E-state index contributed by atoms with van der Waals surface area (Å²) in [6, 6.07) is -2.75. The van der Waals surface area contributed by atoms with Crippen LogP contribution < -0.4 is 5.43 Å². The van der Waals surface area contributed by atoms with Gasteiger partial charge in [0.2, 0.25) is 0 Å². The lowest BCUT2D eigenvalue weighted by molar-refractivity contribution is 0.189. The van der Waals surface area contributed by atoms with Crippen LogP contribution in [0, 0.1) is 26.3 Å². The molecule has 1 N–H and O–H groups in total. The number of rotatable bonds is 0. The maximum absolute atomic E-state index is 11.1. The monoisotopic (exact) mass is 203 g/mol. The molecule has 0 rings (SSSR count). The molecular formula is C6HN7O2. The number of carbonyl (C=O) groups excluding carboxylic acids is 2. The Hall–Kier alpha value is -3.30. The van der Waals surface area contributed by atoms with Gasteiger partial charge in [-0.1, -0.05) is 9.91 Å². The SMILES string of the molecule is [C-]#[N+]NC(=O)N([N+]#[C-])C(=O)N([N+]#[C-])[N+]#[C-]. The van der Waals surface area contributed by atoms with Gasteiger partial charge in [0.1, 0.15) is 0 Å². The topological polar surface area (TPSA) is 70.1 Å². The van der Waals surface area contributed by atoms with Gasteiger partial charge in [0.15, 0.2) is 0 Å². The molecule has 0 aromatic heterocycles. The molecule has 0 saturated heterocycles. The maximum Gasteiger partial charge on any atom is 0.545 e. The predicted octanol–water partition coefficient (Wildman–Crippen LogP) is 0.757. The van der Waals surface area contributed by atoms with Crippen LogP contribution in [0.25, 0.3) is 19.8 Å². The number of nitrogens with one attached hydrogen (secondary N) is 1. The van der Waals surface area contributed by atoms with E-state index in [4.69, 9.17) is 26.3 Å². The van der Waals surface area contributed by atoms with E-state index in [0.29, 0.717) is 0 Å². The van der Waals surface area contributed by atoms with Crippen molar-refractivity contribution in [3.8, 4) is 0 Å². The summed E-state index contributed by atoms with van der Waals surface area (Å²) in [7, 11) is 0. The number of imide groups is 1. The first-order valence-electron chi connectivity index (χ1n) is 3.05. The van der Waals surface area contributed by atoms with Gasteiger partial charge in [-0.25, -0.2) is 9.59 Å². The fraction of sp³-hybridized carbons (Fsp3) is 0. The van der Waals surface area contributed by atoms with Crippen molar-refractivity contribution in [2.45, 2.75) is 0 Å². The predicted molar refractivity (Wildman–Crippen MR) is 44.0 cm³/mol. The first-order valence-corrected chi connectivity index (χ1v) is 3.05. The maximum atomic E-state index is 11.1. The van der Waals surface area contributed by atoms with Crippen LogP contribution in [-0.2, 0) is 0 Å². The lowest BCUT2D eigenvalue weighted by atomic mass is 10.8. The van der Waals surface area contributed by atoms with Gasteiger partial charge in [0.25, 0.3) is 0 Å². The van der Waals surface area contributed by atoms with Gasteiger partial charge in [-0.15, -0.1) is 4.95 Å². The Morgan fingerprint density at radius 1 is 1.00 bits per heavy atom. The zero-order valence-corrected chi connectivity index (χ0v) is 7.00. The standard InChI is InChI=1S/C6HN7O2/c1-7-11-5(14)12(8-2)6(15)13(9-3)10-4/h(H,11,14). The van der Waals surface area contributed by atoms with E-state index in [2.05, 4.69) is 19.8 Å². The molecule has 0 aliphatic rings. The quantitative estimate of drug-likeness (QED) is 0.466. The molecule has 0 bridgehead atoms. The molecule has 0 aromatic carbocycles. The largest absolute Gasteiger partial charge is 0.545 e. The number of hydrogen-bond acceptors (Lipinski definition) is 2. The molecular weight excluding hydrogens is 202 g/mol. The van der Waals surface area contributed by atoms with E-state index in [1.807, 2.05) is 0 Å². The molecule has 9 nitrogen and oxygen atoms in total. The van der Waals surface area contributed by atoms with Crippen molar-refractivity contribution in [3.05, 3.63) is 46.1 Å². The van der Waals surface area contributed by atoms with Gasteiger partial charge >= 0.3 is 17.2 Å². The summed E-state index contributed by atoms with van der Waals surface area (Å²) in [4.78, 5) is 31.8. The Kier molecular flexibility index (Phi) is 4.18. The highest BCUT2D eigenvalue weighted by Gasteiger charge is 2.42. The molecule has 0 fully saturated rings. The van der Waals surface area contributed by atoms with Crippen molar-refractivity contribution in [3.63, 3.8) is 0 Å². The summed E-state index contributed by atoms with van der Waals surface area (Å²) in [5.41, 5.74) is 1.49. The van der Waals surface area contributed by atoms with Crippen LogP contribution in [0.5, 0.6) is 0 Å². The molecule has 0 radical (unpaired) electrons. The second kappa shape index (κ2) is 5.36. The highest BCUT2D eigenvalue weighted by atomic mass is 16.2. The average molecular weight is 203 g/mol. The first kappa shape index (κ1) is 11.7. The molecule has 9 heteroatoms. The minimum absolute atomic E-state index is 0.110. The average Bonchev–Trinajstić information content (AvgIpc) is 2.21. The van der Waals surface area contributed by atoms with Gasteiger partial charge in [0.05, 0.1) is 5.01 Å². The lowest BCUT2D eigenvalue weighted by Crippen LogP contribution is -2.40. The van der Waals surface area contributed by atoms with Crippen molar-refractivity contribution >= 4 is 12.1 Å². The minimum atomic E-state index is -1.43. The molecule has 72 valence electrons. The molecule has 0 spiro atoms. The second-order valence-electron chi connectivity index (χ2n) is 1.71. The van der Waals surface area contributed by atoms with Crippen LogP contribution in [0.3, 0.4) is 0 Å². The van der Waals surface area contributed by atoms with Crippen LogP contribution in [-0.4, -0.2) is 22.2 Å². The molecule has 4 amide bonds. The highest BCUT2D eigenvalue weighted by Crippen LogP contribution is 2.02. The third kappa shape index (κ3) is 2.59. The van der Waals surface area contributed by atoms with Crippen LogP contribution in [0.4, 0.5) is 9.59 Å². The van der Waals surface area contributed by atoms with Gasteiger partial charge in [-0.05, 0) is 5.43 Å². The van der Waals surface area contributed by atoms with Crippen LogP contribution in [0.1, 0.15) is 0 Å². The van der Waals surface area contributed by atoms with E-state index in [0.717, 1.165) is 0 Å². The first-order chi connectivity index (χ1) is 7.12. The Labute approximate surface area is 84.2 Å². The Morgan fingerprint density at radius 3 is 1.87 bits per heavy atom. The fourth-order valence-electron chi connectivity index (χ4n) is 0.463. The van der Waals surface area contributed by atoms with Gasteiger partial charge < -0.3 is 0 Å². The van der Waals surface area contributed by atoms with Crippen molar-refractivity contribution in [2.75, 3.05) is 0 Å². The van der Waals surface area contributed by atoms with E-state index < -0.39 is 12.1 Å². The number of carbonyl (C=O) groups is 2. The summed E-state index contributed by atoms with van der Waals surface area (Å²) in [6.07, 6.45) is 0. The summed E-state index contributed by atoms with van der Waals surface area (Å²) >= 11 is 0. The molecule has 0 heterocycles. The molecule has 15 heavy (non-hydrogen) atoms. The van der Waals surface area contributed by atoms with E-state index in [1.165, 1.54) is 5.43 Å². The van der Waals surface area contributed by atoms with E-state index in [9.17, 15) is 9.59 Å². The lowest BCUT2D eigenvalue weighted by Gasteiger charge is -1.97. The normalized spacial score (nSPS) is 6.93. The summed E-state index contributed by atoms with van der Waals surface area (Å²) < 4.78 is 0. The van der Waals surface area contributed by atoms with Gasteiger partial charge in [-0.2, -0.15) is 31.2 Å². The van der Waals surface area contributed by atoms with E-state index in [1.54, 1.807) is 0 Å². The third-order valence-corrected chi connectivity index (χ3v) is 0.986. The van der Waals surface area contributed by atoms with Crippen molar-refractivity contribution in [2.24, 2.45) is 0 Å². The minimum Gasteiger partial charge on any atom is -0.234 e. The molecule has 0 unspecified atom stereocenters. The smallest absolute Gasteiger partial charge is 0.234 e. The highest BCUT2D eigenvalue weighted by molar-refractivity contribution is 5.94. The Balaban J connectivity index is 4.91. The second-order valence-corrected chi connectivity index (χ2v) is 1.71. The van der Waals surface area contributed by atoms with Crippen molar-refractivity contribution in [1.82, 2.24) is 15.6 Å².